The largest absolute Gasteiger partial charge is 0.497 e. The molecule has 4 heteroatoms. The van der Waals surface area contributed by atoms with Gasteiger partial charge in [-0.15, -0.1) is 0 Å². The van der Waals surface area contributed by atoms with Crippen molar-refractivity contribution >= 4 is 5.97 Å². The Morgan fingerprint density at radius 2 is 1.58 bits per heavy atom. The van der Waals surface area contributed by atoms with Crippen molar-refractivity contribution in [1.29, 1.82) is 0 Å². The van der Waals surface area contributed by atoms with Crippen LogP contribution in [0.5, 0.6) is 11.5 Å². The molecule has 0 spiro atoms. The lowest BCUT2D eigenvalue weighted by Gasteiger charge is -2.16. The number of benzene rings is 2. The molecule has 24 heavy (non-hydrogen) atoms. The molecule has 0 amide bonds. The fraction of sp³-hybridized carbons (Fsp3) is 0.350. The van der Waals surface area contributed by atoms with Crippen LogP contribution in [0.3, 0.4) is 0 Å². The first-order valence-corrected chi connectivity index (χ1v) is 8.23. The fourth-order valence-corrected chi connectivity index (χ4v) is 2.43. The maximum absolute atomic E-state index is 11.5. The summed E-state index contributed by atoms with van der Waals surface area (Å²) >= 11 is 0. The summed E-state index contributed by atoms with van der Waals surface area (Å²) in [6.07, 6.45) is 2.80. The third-order valence-corrected chi connectivity index (χ3v) is 3.88. The molecule has 2 aromatic carbocycles. The molecular formula is C20H24O4. The van der Waals surface area contributed by atoms with Crippen molar-refractivity contribution in [2.75, 3.05) is 7.11 Å². The van der Waals surface area contributed by atoms with Gasteiger partial charge in [-0.25, -0.2) is 4.79 Å². The zero-order valence-electron chi connectivity index (χ0n) is 14.2. The highest BCUT2D eigenvalue weighted by molar-refractivity contribution is 5.73. The van der Waals surface area contributed by atoms with Gasteiger partial charge in [-0.3, -0.25) is 0 Å². The minimum atomic E-state index is -0.971. The van der Waals surface area contributed by atoms with Gasteiger partial charge in [0.25, 0.3) is 0 Å². The minimum Gasteiger partial charge on any atom is -0.497 e. The smallest absolute Gasteiger partial charge is 0.345 e. The van der Waals surface area contributed by atoms with Crippen molar-refractivity contribution in [2.24, 2.45) is 0 Å². The number of rotatable bonds is 9. The van der Waals surface area contributed by atoms with Crippen molar-refractivity contribution in [2.45, 2.75) is 38.7 Å². The van der Waals surface area contributed by atoms with Crippen LogP contribution in [-0.4, -0.2) is 24.3 Å². The van der Waals surface area contributed by atoms with Gasteiger partial charge in [-0.2, -0.15) is 0 Å². The van der Waals surface area contributed by atoms with Crippen molar-refractivity contribution < 1.29 is 19.4 Å². The van der Waals surface area contributed by atoms with Gasteiger partial charge < -0.3 is 14.6 Å². The maximum Gasteiger partial charge on any atom is 0.345 e. The first-order valence-electron chi connectivity index (χ1n) is 8.23. The normalized spacial score (nSPS) is 11.8. The Hall–Kier alpha value is -2.49. The molecular weight excluding hydrogens is 304 g/mol. The van der Waals surface area contributed by atoms with Crippen LogP contribution in [0.25, 0.3) is 0 Å². The number of hydrogen-bond donors (Lipinski definition) is 1. The second-order valence-electron chi connectivity index (χ2n) is 5.74. The molecule has 0 aromatic heterocycles. The summed E-state index contributed by atoms with van der Waals surface area (Å²) in [4.78, 5) is 11.5. The molecule has 1 N–H and O–H groups in total. The molecule has 0 aliphatic carbocycles. The standard InChI is InChI=1S/C20H24O4/c1-3-4-5-15-6-8-16(9-7-15)14-19(20(21)22)24-18-12-10-17(23-2)11-13-18/h6-13,19H,3-5,14H2,1-2H3,(H,21,22)/t19-/m1/s1. The molecule has 0 aliphatic heterocycles. The molecule has 128 valence electrons. The monoisotopic (exact) mass is 328 g/mol. The van der Waals surface area contributed by atoms with E-state index in [1.165, 1.54) is 12.0 Å². The summed E-state index contributed by atoms with van der Waals surface area (Å²) in [5, 5.41) is 9.42. The molecule has 0 bridgehead atoms. The Morgan fingerprint density at radius 1 is 1.00 bits per heavy atom. The van der Waals surface area contributed by atoms with Crippen molar-refractivity contribution in [3.63, 3.8) is 0 Å². The molecule has 0 radical (unpaired) electrons. The van der Waals surface area contributed by atoms with Crippen LogP contribution in [0.15, 0.2) is 48.5 Å². The van der Waals surface area contributed by atoms with Crippen molar-refractivity contribution in [1.82, 2.24) is 0 Å². The molecule has 2 aromatic rings. The number of carbonyl (C=O) groups is 1. The Kier molecular flexibility index (Phi) is 6.67. The highest BCUT2D eigenvalue weighted by Crippen LogP contribution is 2.20. The van der Waals surface area contributed by atoms with E-state index in [2.05, 4.69) is 19.1 Å². The first-order chi connectivity index (χ1) is 11.6. The highest BCUT2D eigenvalue weighted by atomic mass is 16.5. The quantitative estimate of drug-likeness (QED) is 0.752. The highest BCUT2D eigenvalue weighted by Gasteiger charge is 2.20. The zero-order valence-corrected chi connectivity index (χ0v) is 14.2. The number of hydrogen-bond acceptors (Lipinski definition) is 3. The average Bonchev–Trinajstić information content (AvgIpc) is 2.61. The van der Waals surface area contributed by atoms with Gasteiger partial charge in [0.05, 0.1) is 7.11 Å². The number of carboxylic acids is 1. The van der Waals surface area contributed by atoms with Gasteiger partial charge in [0.15, 0.2) is 6.10 Å². The second-order valence-corrected chi connectivity index (χ2v) is 5.74. The lowest BCUT2D eigenvalue weighted by atomic mass is 10.0. The molecule has 0 fully saturated rings. The van der Waals surface area contributed by atoms with Gasteiger partial charge in [0.2, 0.25) is 0 Å². The second kappa shape index (κ2) is 8.96. The van der Waals surface area contributed by atoms with Crippen LogP contribution >= 0.6 is 0 Å². The number of methoxy groups -OCH3 is 1. The Labute approximate surface area is 143 Å². The summed E-state index contributed by atoms with van der Waals surface area (Å²) in [6.45, 7) is 2.17. The fourth-order valence-electron chi connectivity index (χ4n) is 2.43. The Balaban J connectivity index is 2.00. The summed E-state index contributed by atoms with van der Waals surface area (Å²) in [6, 6.07) is 15.0. The first kappa shape index (κ1) is 17.9. The van der Waals surface area contributed by atoms with Crippen LogP contribution in [0.4, 0.5) is 0 Å². The lowest BCUT2D eigenvalue weighted by molar-refractivity contribution is -0.145. The van der Waals surface area contributed by atoms with E-state index in [0.717, 1.165) is 18.4 Å². The number of aliphatic carboxylic acids is 1. The van der Waals surface area contributed by atoms with E-state index in [-0.39, 0.29) is 0 Å². The molecule has 0 saturated carbocycles. The van der Waals surface area contributed by atoms with Crippen LogP contribution in [0.2, 0.25) is 0 Å². The molecule has 0 aliphatic rings. The summed E-state index contributed by atoms with van der Waals surface area (Å²) < 4.78 is 10.7. The maximum atomic E-state index is 11.5. The predicted octanol–water partition coefficient (Wildman–Crippen LogP) is 4.11. The lowest BCUT2D eigenvalue weighted by Crippen LogP contribution is -2.29. The summed E-state index contributed by atoms with van der Waals surface area (Å²) in [7, 11) is 1.58. The number of aryl methyl sites for hydroxylation is 1. The van der Waals surface area contributed by atoms with E-state index >= 15 is 0 Å². The topological polar surface area (TPSA) is 55.8 Å². The van der Waals surface area contributed by atoms with E-state index in [4.69, 9.17) is 9.47 Å². The SMILES string of the molecule is CCCCc1ccc(C[C@@H](Oc2ccc(OC)cc2)C(=O)O)cc1. The molecule has 2 rings (SSSR count). The van der Waals surface area contributed by atoms with E-state index in [9.17, 15) is 9.90 Å². The van der Waals surface area contributed by atoms with Crippen LogP contribution in [0, 0.1) is 0 Å². The van der Waals surface area contributed by atoms with E-state index in [1.807, 2.05) is 12.1 Å². The average molecular weight is 328 g/mol. The summed E-state index contributed by atoms with van der Waals surface area (Å²) in [5.41, 5.74) is 2.24. The van der Waals surface area contributed by atoms with Gasteiger partial charge in [-0.05, 0) is 48.2 Å². The van der Waals surface area contributed by atoms with Gasteiger partial charge in [0.1, 0.15) is 11.5 Å². The van der Waals surface area contributed by atoms with Crippen molar-refractivity contribution in [3.05, 3.63) is 59.7 Å². The van der Waals surface area contributed by atoms with E-state index in [1.54, 1.807) is 31.4 Å². The van der Waals surface area contributed by atoms with Gasteiger partial charge >= 0.3 is 5.97 Å². The number of carboxylic acid groups (broad SMARTS) is 1. The van der Waals surface area contributed by atoms with Crippen molar-refractivity contribution in [3.8, 4) is 11.5 Å². The molecule has 1 atom stereocenters. The predicted molar refractivity (Wildman–Crippen MR) is 93.8 cm³/mol. The number of unbranched alkanes of at least 4 members (excludes halogenated alkanes) is 1. The van der Waals surface area contributed by atoms with Crippen LogP contribution in [0.1, 0.15) is 30.9 Å². The van der Waals surface area contributed by atoms with E-state index < -0.39 is 12.1 Å². The molecule has 4 nitrogen and oxygen atoms in total. The molecule has 0 heterocycles. The third-order valence-electron chi connectivity index (χ3n) is 3.88. The van der Waals surface area contributed by atoms with Crippen LogP contribution < -0.4 is 9.47 Å². The molecule has 0 saturated heterocycles. The van der Waals surface area contributed by atoms with Crippen LogP contribution in [-0.2, 0) is 17.6 Å². The third kappa shape index (κ3) is 5.30. The Bertz CT molecular complexity index is 632. The van der Waals surface area contributed by atoms with E-state index in [0.29, 0.717) is 17.9 Å². The zero-order chi connectivity index (χ0) is 17.4. The summed E-state index contributed by atoms with van der Waals surface area (Å²) in [5.74, 6) is 0.250. The molecule has 0 unspecified atom stereocenters. The minimum absolute atomic E-state index is 0.329. The van der Waals surface area contributed by atoms with Gasteiger partial charge in [0, 0.05) is 6.42 Å². The number of ether oxygens (including phenoxy) is 2. The van der Waals surface area contributed by atoms with Gasteiger partial charge in [-0.1, -0.05) is 37.6 Å². The Morgan fingerprint density at radius 3 is 2.12 bits per heavy atom.